The van der Waals surface area contributed by atoms with Crippen molar-refractivity contribution >= 4 is 18.6 Å². The average Bonchev–Trinajstić information content (AvgIpc) is 2.43. The summed E-state index contributed by atoms with van der Waals surface area (Å²) < 4.78 is 23.5. The van der Waals surface area contributed by atoms with Crippen molar-refractivity contribution in [2.24, 2.45) is 0 Å². The topological polar surface area (TPSA) is 52.6 Å². The minimum atomic E-state index is -2.85. The maximum Gasteiger partial charge on any atom is 0.308 e. The molecule has 0 saturated carbocycles. The van der Waals surface area contributed by atoms with Crippen LogP contribution in [0.1, 0.15) is 52.9 Å². The molecule has 0 radical (unpaired) electrons. The number of benzene rings is 1. The highest BCUT2D eigenvalue weighted by molar-refractivity contribution is 7.66. The number of carbonyl (C=O) groups excluding carboxylic acids is 1. The lowest BCUT2D eigenvalue weighted by molar-refractivity contribution is -0.131. The third-order valence-corrected chi connectivity index (χ3v) is 5.41. The largest absolute Gasteiger partial charge is 0.427 e. The molecule has 0 spiro atoms. The molecule has 2 atom stereocenters. The normalized spacial score (nSPS) is 15.1. The summed E-state index contributed by atoms with van der Waals surface area (Å²) in [6.45, 7) is 7.13. The van der Waals surface area contributed by atoms with Gasteiger partial charge in [-0.3, -0.25) is 9.36 Å². The van der Waals surface area contributed by atoms with Gasteiger partial charge in [-0.05, 0) is 37.6 Å². The Morgan fingerprint density at radius 3 is 2.36 bits per heavy atom. The molecule has 0 aliphatic heterocycles. The van der Waals surface area contributed by atoms with Gasteiger partial charge in [0.1, 0.15) is 5.75 Å². The van der Waals surface area contributed by atoms with E-state index >= 15 is 0 Å². The third-order valence-electron chi connectivity index (χ3n) is 3.41. The van der Waals surface area contributed by atoms with Crippen LogP contribution in [0.3, 0.4) is 0 Å². The molecular formula is C17H27O4P. The lowest BCUT2D eigenvalue weighted by Gasteiger charge is -2.20. The molecule has 1 aromatic rings. The van der Waals surface area contributed by atoms with E-state index in [4.69, 9.17) is 9.26 Å². The van der Waals surface area contributed by atoms with E-state index in [0.29, 0.717) is 11.1 Å². The van der Waals surface area contributed by atoms with Crippen molar-refractivity contribution in [1.29, 1.82) is 0 Å². The molecule has 0 unspecified atom stereocenters. The van der Waals surface area contributed by atoms with Crippen molar-refractivity contribution in [3.05, 3.63) is 24.3 Å². The highest BCUT2D eigenvalue weighted by atomic mass is 31.2. The summed E-state index contributed by atoms with van der Waals surface area (Å²) in [5.74, 6) is 0.0771. The van der Waals surface area contributed by atoms with Gasteiger partial charge in [0.25, 0.3) is 0 Å². The number of unbranched alkanes of at least 4 members (excludes halogenated alkanes) is 3. The lowest BCUT2D eigenvalue weighted by atomic mass is 10.1. The van der Waals surface area contributed by atoms with Crippen LogP contribution < -0.4 is 10.0 Å². The van der Waals surface area contributed by atoms with Crippen LogP contribution >= 0.6 is 7.37 Å². The zero-order valence-corrected chi connectivity index (χ0v) is 14.9. The molecule has 0 N–H and O–H groups in total. The maximum atomic E-state index is 12.7. The van der Waals surface area contributed by atoms with Gasteiger partial charge in [0.2, 0.25) is 7.37 Å². The Morgan fingerprint density at radius 2 is 1.82 bits per heavy atom. The smallest absolute Gasteiger partial charge is 0.308 e. The van der Waals surface area contributed by atoms with Gasteiger partial charge in [-0.15, -0.1) is 0 Å². The Morgan fingerprint density at radius 1 is 1.18 bits per heavy atom. The van der Waals surface area contributed by atoms with E-state index in [9.17, 15) is 9.36 Å². The van der Waals surface area contributed by atoms with Crippen LogP contribution in [0.4, 0.5) is 0 Å². The standard InChI is InChI=1S/C17H27O4P/c1-5-6-7-8-9-14(2)21-22(4,19)17-12-10-16(11-13-17)20-15(3)18/h10-14H,5-9H2,1-4H3/t14-,22+/m1/s1. The van der Waals surface area contributed by atoms with Crippen LogP contribution in [0.15, 0.2) is 24.3 Å². The first kappa shape index (κ1) is 18.9. The SMILES string of the molecule is CCCCCC[C@@H](C)O[P@](C)(=O)c1ccc(OC(C)=O)cc1. The van der Waals surface area contributed by atoms with Gasteiger partial charge in [-0.2, -0.15) is 0 Å². The Bertz CT molecular complexity index is 510. The lowest BCUT2D eigenvalue weighted by Crippen LogP contribution is -2.13. The van der Waals surface area contributed by atoms with E-state index in [1.165, 1.54) is 26.2 Å². The Labute approximate surface area is 133 Å². The van der Waals surface area contributed by atoms with Gasteiger partial charge in [0.05, 0.1) is 6.10 Å². The first-order valence-corrected chi connectivity index (χ1v) is 9.97. The average molecular weight is 326 g/mol. The quantitative estimate of drug-likeness (QED) is 0.290. The van der Waals surface area contributed by atoms with Crippen molar-refractivity contribution in [3.8, 4) is 5.75 Å². The van der Waals surface area contributed by atoms with Crippen molar-refractivity contribution in [2.75, 3.05) is 6.66 Å². The van der Waals surface area contributed by atoms with Crippen LogP contribution in [-0.4, -0.2) is 18.7 Å². The minimum Gasteiger partial charge on any atom is -0.427 e. The summed E-state index contributed by atoms with van der Waals surface area (Å²) in [5.41, 5.74) is 0. The predicted octanol–water partition coefficient (Wildman–Crippen LogP) is 4.52. The van der Waals surface area contributed by atoms with Gasteiger partial charge < -0.3 is 9.26 Å². The summed E-state index contributed by atoms with van der Waals surface area (Å²) in [4.78, 5) is 10.9. The molecule has 0 heterocycles. The summed E-state index contributed by atoms with van der Waals surface area (Å²) in [6.07, 6.45) is 5.62. The molecule has 5 heteroatoms. The Balaban J connectivity index is 2.57. The van der Waals surface area contributed by atoms with Gasteiger partial charge in [-0.25, -0.2) is 0 Å². The highest BCUT2D eigenvalue weighted by Crippen LogP contribution is 2.43. The van der Waals surface area contributed by atoms with E-state index in [1.54, 1.807) is 30.9 Å². The van der Waals surface area contributed by atoms with Crippen molar-refractivity contribution in [1.82, 2.24) is 0 Å². The fourth-order valence-electron chi connectivity index (χ4n) is 2.27. The second kappa shape index (κ2) is 9.12. The number of ether oxygens (including phenoxy) is 1. The van der Waals surface area contributed by atoms with Crippen molar-refractivity contribution < 1.29 is 18.6 Å². The number of rotatable bonds is 9. The molecule has 1 aromatic carbocycles. The van der Waals surface area contributed by atoms with Crippen LogP contribution in [0, 0.1) is 0 Å². The van der Waals surface area contributed by atoms with E-state index in [0.717, 1.165) is 12.8 Å². The zero-order chi connectivity index (χ0) is 16.6. The summed E-state index contributed by atoms with van der Waals surface area (Å²) in [7, 11) is -2.85. The molecule has 0 amide bonds. The second-order valence-electron chi connectivity index (χ2n) is 5.70. The molecule has 0 aliphatic carbocycles. The zero-order valence-electron chi connectivity index (χ0n) is 14.0. The molecule has 0 fully saturated rings. The van der Waals surface area contributed by atoms with Crippen molar-refractivity contribution in [3.63, 3.8) is 0 Å². The van der Waals surface area contributed by atoms with Gasteiger partial charge in [0.15, 0.2) is 0 Å². The fraction of sp³-hybridized carbons (Fsp3) is 0.588. The summed E-state index contributed by atoms with van der Waals surface area (Å²) in [5, 5.41) is 0.642. The Kier molecular flexibility index (Phi) is 7.84. The van der Waals surface area contributed by atoms with E-state index < -0.39 is 7.37 Å². The third kappa shape index (κ3) is 6.76. The van der Waals surface area contributed by atoms with E-state index in [-0.39, 0.29) is 12.1 Å². The highest BCUT2D eigenvalue weighted by Gasteiger charge is 2.22. The van der Waals surface area contributed by atoms with Crippen LogP contribution in [0.25, 0.3) is 0 Å². The first-order valence-electron chi connectivity index (χ1n) is 7.90. The number of hydrogen-bond acceptors (Lipinski definition) is 4. The van der Waals surface area contributed by atoms with Crippen molar-refractivity contribution in [2.45, 2.75) is 59.0 Å². The number of esters is 1. The monoisotopic (exact) mass is 326 g/mol. The molecule has 0 aromatic heterocycles. The van der Waals surface area contributed by atoms with Crippen LogP contribution in [0.5, 0.6) is 5.75 Å². The predicted molar refractivity (Wildman–Crippen MR) is 90.2 cm³/mol. The Hall–Kier alpha value is -1.12. The molecule has 1 rings (SSSR count). The van der Waals surface area contributed by atoms with Gasteiger partial charge >= 0.3 is 5.97 Å². The first-order chi connectivity index (χ1) is 10.3. The molecule has 4 nitrogen and oxygen atoms in total. The number of hydrogen-bond donors (Lipinski definition) is 0. The van der Waals surface area contributed by atoms with Crippen LogP contribution in [-0.2, 0) is 13.9 Å². The van der Waals surface area contributed by atoms with E-state index in [2.05, 4.69) is 6.92 Å². The van der Waals surface area contributed by atoms with Gasteiger partial charge in [-0.1, -0.05) is 32.6 Å². The molecular weight excluding hydrogens is 299 g/mol. The van der Waals surface area contributed by atoms with Crippen LogP contribution in [0.2, 0.25) is 0 Å². The molecule has 22 heavy (non-hydrogen) atoms. The fourth-order valence-corrected chi connectivity index (χ4v) is 3.87. The molecule has 124 valence electrons. The maximum absolute atomic E-state index is 12.7. The second-order valence-corrected chi connectivity index (χ2v) is 8.12. The minimum absolute atomic E-state index is 0.0270. The molecule has 0 saturated heterocycles. The van der Waals surface area contributed by atoms with E-state index in [1.807, 2.05) is 6.92 Å². The van der Waals surface area contributed by atoms with Gasteiger partial charge in [0, 0.05) is 18.9 Å². The molecule has 0 aliphatic rings. The molecule has 0 bridgehead atoms. The number of carbonyl (C=O) groups is 1. The summed E-state index contributed by atoms with van der Waals surface area (Å²) in [6, 6.07) is 6.68. The summed E-state index contributed by atoms with van der Waals surface area (Å²) >= 11 is 0.